The minimum Gasteiger partial charge on any atom is -0.468 e. The van der Waals surface area contributed by atoms with Crippen LogP contribution >= 0.6 is 0 Å². The monoisotopic (exact) mass is 185 g/mol. The lowest BCUT2D eigenvalue weighted by atomic mass is 9.91. The van der Waals surface area contributed by atoms with E-state index < -0.39 is 11.4 Å². The normalized spacial score (nSPS) is 11.7. The van der Waals surface area contributed by atoms with Gasteiger partial charge >= 0.3 is 5.97 Å². The maximum atomic E-state index is 11.0. The van der Waals surface area contributed by atoms with Crippen molar-refractivity contribution >= 4 is 18.0 Å². The van der Waals surface area contributed by atoms with E-state index >= 15 is 0 Å². The molecule has 0 aromatic heterocycles. The second-order valence-corrected chi connectivity index (χ2v) is 3.32. The lowest BCUT2D eigenvalue weighted by Crippen LogP contribution is -2.23. The number of Topliss-reactive ketones (excluding diaryl/α,β-unsaturated/α-hetero) is 1. The number of hydrogen-bond donors (Lipinski definition) is 0. The van der Waals surface area contributed by atoms with Crippen LogP contribution in [0.2, 0.25) is 0 Å². The molecule has 0 saturated carbocycles. The molecule has 0 fully saturated rings. The molecule has 0 aliphatic rings. The highest BCUT2D eigenvalue weighted by atomic mass is 16.5. The number of esters is 1. The van der Waals surface area contributed by atoms with Gasteiger partial charge in [0, 0.05) is 6.21 Å². The SMILES string of the molecule is COC(=O)CN=CC(C)(C)C(C)=O. The third-order valence-electron chi connectivity index (χ3n) is 1.77. The zero-order chi connectivity index (χ0) is 10.5. The van der Waals surface area contributed by atoms with Crippen LogP contribution in [0.5, 0.6) is 0 Å². The molecule has 0 radical (unpaired) electrons. The second kappa shape index (κ2) is 4.74. The zero-order valence-corrected chi connectivity index (χ0v) is 8.46. The molecule has 0 unspecified atom stereocenters. The maximum absolute atomic E-state index is 11.0. The number of hydrogen-bond acceptors (Lipinski definition) is 4. The number of rotatable bonds is 4. The Bertz CT molecular complexity index is 231. The van der Waals surface area contributed by atoms with E-state index in [4.69, 9.17) is 0 Å². The fraction of sp³-hybridized carbons (Fsp3) is 0.667. The van der Waals surface area contributed by atoms with Gasteiger partial charge in [-0.25, -0.2) is 0 Å². The molecule has 0 spiro atoms. The Kier molecular flexibility index (Phi) is 4.31. The summed E-state index contributed by atoms with van der Waals surface area (Å²) in [6.45, 7) is 4.95. The Labute approximate surface area is 78.0 Å². The van der Waals surface area contributed by atoms with Gasteiger partial charge in [0.2, 0.25) is 0 Å². The molecular weight excluding hydrogens is 170 g/mol. The van der Waals surface area contributed by atoms with Crippen LogP contribution in [0, 0.1) is 5.41 Å². The highest BCUT2D eigenvalue weighted by Crippen LogP contribution is 2.12. The Morgan fingerprint density at radius 2 is 2.00 bits per heavy atom. The van der Waals surface area contributed by atoms with Crippen molar-refractivity contribution in [3.05, 3.63) is 0 Å². The van der Waals surface area contributed by atoms with Gasteiger partial charge in [-0.05, 0) is 20.8 Å². The van der Waals surface area contributed by atoms with Crippen molar-refractivity contribution in [2.24, 2.45) is 10.4 Å². The Morgan fingerprint density at radius 1 is 1.46 bits per heavy atom. The van der Waals surface area contributed by atoms with Gasteiger partial charge < -0.3 is 4.74 Å². The van der Waals surface area contributed by atoms with Crippen molar-refractivity contribution in [2.75, 3.05) is 13.7 Å². The first-order chi connectivity index (χ1) is 5.90. The van der Waals surface area contributed by atoms with Crippen LogP contribution in [0.3, 0.4) is 0 Å². The lowest BCUT2D eigenvalue weighted by molar-refractivity contribution is -0.138. The molecule has 13 heavy (non-hydrogen) atoms. The van der Waals surface area contributed by atoms with Gasteiger partial charge in [0.15, 0.2) is 0 Å². The molecule has 74 valence electrons. The number of ketones is 1. The fourth-order valence-corrected chi connectivity index (χ4v) is 0.504. The average molecular weight is 185 g/mol. The molecule has 0 aromatic rings. The van der Waals surface area contributed by atoms with Gasteiger partial charge in [-0.2, -0.15) is 0 Å². The molecule has 0 amide bonds. The number of nitrogens with zero attached hydrogens (tertiary/aromatic N) is 1. The molecule has 4 nitrogen and oxygen atoms in total. The van der Waals surface area contributed by atoms with Crippen LogP contribution in [0.25, 0.3) is 0 Å². The summed E-state index contributed by atoms with van der Waals surface area (Å²) in [7, 11) is 1.30. The fourth-order valence-electron chi connectivity index (χ4n) is 0.504. The molecule has 0 bridgehead atoms. The van der Waals surface area contributed by atoms with Crippen LogP contribution in [0.1, 0.15) is 20.8 Å². The van der Waals surface area contributed by atoms with Crippen LogP contribution in [-0.2, 0) is 14.3 Å². The standard InChI is InChI=1S/C9H15NO3/c1-7(11)9(2,3)6-10-5-8(12)13-4/h6H,5H2,1-4H3. The molecule has 0 heterocycles. The number of methoxy groups -OCH3 is 1. The van der Waals surface area contributed by atoms with E-state index in [1.165, 1.54) is 20.2 Å². The zero-order valence-electron chi connectivity index (χ0n) is 8.46. The van der Waals surface area contributed by atoms with E-state index in [1.807, 2.05) is 0 Å². The summed E-state index contributed by atoms with van der Waals surface area (Å²) in [5.74, 6) is -0.392. The van der Waals surface area contributed by atoms with Gasteiger partial charge in [0.05, 0.1) is 12.5 Å². The topological polar surface area (TPSA) is 55.7 Å². The van der Waals surface area contributed by atoms with E-state index in [-0.39, 0.29) is 12.3 Å². The highest BCUT2D eigenvalue weighted by molar-refractivity contribution is 5.97. The largest absolute Gasteiger partial charge is 0.468 e. The van der Waals surface area contributed by atoms with Crippen molar-refractivity contribution in [1.82, 2.24) is 0 Å². The minimum atomic E-state index is -0.603. The summed E-state index contributed by atoms with van der Waals surface area (Å²) in [6, 6.07) is 0. The number of carbonyl (C=O) groups is 2. The highest BCUT2D eigenvalue weighted by Gasteiger charge is 2.20. The first-order valence-electron chi connectivity index (χ1n) is 3.99. The molecule has 0 aromatic carbocycles. The number of carbonyl (C=O) groups excluding carboxylic acids is 2. The molecular formula is C9H15NO3. The molecule has 0 atom stereocenters. The summed E-state index contributed by atoms with van der Waals surface area (Å²) in [4.78, 5) is 25.5. The number of aliphatic imine (C=N–C) groups is 1. The summed E-state index contributed by atoms with van der Waals surface area (Å²) in [5, 5.41) is 0. The molecule has 0 aliphatic heterocycles. The summed E-state index contributed by atoms with van der Waals surface area (Å²) in [6.07, 6.45) is 1.48. The number of ether oxygens (including phenoxy) is 1. The van der Waals surface area contributed by atoms with Crippen molar-refractivity contribution in [2.45, 2.75) is 20.8 Å². The van der Waals surface area contributed by atoms with Crippen LogP contribution in [0.4, 0.5) is 0 Å². The Balaban J connectivity index is 4.12. The minimum absolute atomic E-state index is 0.0149. The van der Waals surface area contributed by atoms with Gasteiger partial charge in [-0.15, -0.1) is 0 Å². The first kappa shape index (κ1) is 11.8. The quantitative estimate of drug-likeness (QED) is 0.482. The van der Waals surface area contributed by atoms with Crippen molar-refractivity contribution in [1.29, 1.82) is 0 Å². The van der Waals surface area contributed by atoms with Gasteiger partial charge in [-0.1, -0.05) is 0 Å². The van der Waals surface area contributed by atoms with Crippen LogP contribution < -0.4 is 0 Å². The van der Waals surface area contributed by atoms with Gasteiger partial charge in [0.25, 0.3) is 0 Å². The predicted octanol–water partition coefficient (Wildman–Crippen LogP) is 0.845. The van der Waals surface area contributed by atoms with Crippen molar-refractivity contribution < 1.29 is 14.3 Å². The third kappa shape index (κ3) is 4.40. The molecule has 0 rings (SSSR count). The van der Waals surface area contributed by atoms with E-state index in [0.717, 1.165) is 0 Å². The van der Waals surface area contributed by atoms with E-state index in [0.29, 0.717) is 0 Å². The van der Waals surface area contributed by atoms with Crippen molar-refractivity contribution in [3.63, 3.8) is 0 Å². The Hall–Kier alpha value is -1.19. The predicted molar refractivity (Wildman–Crippen MR) is 49.8 cm³/mol. The third-order valence-corrected chi connectivity index (χ3v) is 1.77. The summed E-state index contributed by atoms with van der Waals surface area (Å²) < 4.78 is 4.39. The molecule has 0 aliphatic carbocycles. The summed E-state index contributed by atoms with van der Waals surface area (Å²) >= 11 is 0. The van der Waals surface area contributed by atoms with E-state index in [1.54, 1.807) is 13.8 Å². The smallest absolute Gasteiger partial charge is 0.327 e. The van der Waals surface area contributed by atoms with E-state index in [9.17, 15) is 9.59 Å². The lowest BCUT2D eigenvalue weighted by Gasteiger charge is -2.13. The molecule has 4 heteroatoms. The first-order valence-corrected chi connectivity index (χ1v) is 3.99. The van der Waals surface area contributed by atoms with Crippen LogP contribution in [-0.4, -0.2) is 31.6 Å². The van der Waals surface area contributed by atoms with Crippen molar-refractivity contribution in [3.8, 4) is 0 Å². The summed E-state index contributed by atoms with van der Waals surface area (Å²) in [5.41, 5.74) is -0.603. The average Bonchev–Trinajstić information content (AvgIpc) is 2.03. The van der Waals surface area contributed by atoms with Crippen LogP contribution in [0.15, 0.2) is 4.99 Å². The van der Waals surface area contributed by atoms with Gasteiger partial charge in [0.1, 0.15) is 12.3 Å². The Morgan fingerprint density at radius 3 is 2.38 bits per heavy atom. The molecule has 0 N–H and O–H groups in total. The maximum Gasteiger partial charge on any atom is 0.327 e. The van der Waals surface area contributed by atoms with Gasteiger partial charge in [-0.3, -0.25) is 14.6 Å². The molecule has 0 saturated heterocycles. The second-order valence-electron chi connectivity index (χ2n) is 3.32. The van der Waals surface area contributed by atoms with E-state index in [2.05, 4.69) is 9.73 Å².